The Kier molecular flexibility index (Phi) is 4.50. The Labute approximate surface area is 124 Å². The smallest absolute Gasteiger partial charge is 0.326 e. The summed E-state index contributed by atoms with van der Waals surface area (Å²) in [5.74, 6) is -0.523. The topological polar surface area (TPSA) is 75.6 Å². The number of methoxy groups -OCH3 is 1. The Bertz CT molecular complexity index is 541. The molecule has 3 atom stereocenters. The second kappa shape index (κ2) is 6.16. The van der Waals surface area contributed by atoms with Gasteiger partial charge in [0.15, 0.2) is 0 Å². The molecule has 1 aliphatic rings. The second-order valence-electron chi connectivity index (χ2n) is 5.79. The fraction of sp³-hybridized carbons (Fsp3) is 0.500. The van der Waals surface area contributed by atoms with Crippen LogP contribution in [-0.4, -0.2) is 30.1 Å². The Morgan fingerprint density at radius 1 is 1.38 bits per heavy atom. The summed E-state index contributed by atoms with van der Waals surface area (Å²) < 4.78 is 5.18. The molecule has 0 radical (unpaired) electrons. The third-order valence-electron chi connectivity index (χ3n) is 3.88. The number of carboxylic acids is 1. The van der Waals surface area contributed by atoms with Crippen LogP contribution < -0.4 is 10.1 Å². The Morgan fingerprint density at radius 3 is 2.67 bits per heavy atom. The van der Waals surface area contributed by atoms with E-state index >= 15 is 0 Å². The number of hydrogen-bond acceptors (Lipinski definition) is 3. The van der Waals surface area contributed by atoms with Gasteiger partial charge in [-0.2, -0.15) is 0 Å². The van der Waals surface area contributed by atoms with Gasteiger partial charge in [-0.15, -0.1) is 0 Å². The minimum absolute atomic E-state index is 0.138. The Hall–Kier alpha value is -2.04. The number of carbonyl (C=O) groups is 2. The highest BCUT2D eigenvalue weighted by molar-refractivity contribution is 5.87. The van der Waals surface area contributed by atoms with Crippen molar-refractivity contribution in [3.8, 4) is 5.75 Å². The molecule has 5 nitrogen and oxygen atoms in total. The molecule has 5 heteroatoms. The molecule has 2 N–H and O–H groups in total. The van der Waals surface area contributed by atoms with Crippen LogP contribution >= 0.6 is 0 Å². The standard InChI is InChI=1S/C16H21NO4/c1-9(2)14(16(19)20)17-15(18)13-8-12(13)10-5-4-6-11(7-10)21-3/h4-7,9,12-14H,8H2,1-3H3,(H,17,18)(H,19,20). The molecule has 0 bridgehead atoms. The van der Waals surface area contributed by atoms with Crippen molar-refractivity contribution in [2.45, 2.75) is 32.2 Å². The average molecular weight is 291 g/mol. The molecule has 1 aliphatic carbocycles. The molecule has 1 fully saturated rings. The van der Waals surface area contributed by atoms with Gasteiger partial charge in [0.1, 0.15) is 11.8 Å². The van der Waals surface area contributed by atoms with Crippen molar-refractivity contribution in [3.63, 3.8) is 0 Å². The van der Waals surface area contributed by atoms with Crippen molar-refractivity contribution in [3.05, 3.63) is 29.8 Å². The molecule has 0 saturated heterocycles. The highest BCUT2D eigenvalue weighted by Crippen LogP contribution is 2.48. The van der Waals surface area contributed by atoms with E-state index in [4.69, 9.17) is 9.84 Å². The van der Waals surface area contributed by atoms with Gasteiger partial charge in [0.05, 0.1) is 7.11 Å². The summed E-state index contributed by atoms with van der Waals surface area (Å²) >= 11 is 0. The van der Waals surface area contributed by atoms with E-state index in [0.29, 0.717) is 0 Å². The maximum Gasteiger partial charge on any atom is 0.326 e. The molecule has 1 aromatic rings. The van der Waals surface area contributed by atoms with Gasteiger partial charge in [0.25, 0.3) is 0 Å². The summed E-state index contributed by atoms with van der Waals surface area (Å²) in [6.07, 6.45) is 0.753. The largest absolute Gasteiger partial charge is 0.497 e. The van der Waals surface area contributed by atoms with Crippen molar-refractivity contribution in [2.75, 3.05) is 7.11 Å². The number of nitrogens with one attached hydrogen (secondary N) is 1. The van der Waals surface area contributed by atoms with Crippen LogP contribution in [0.2, 0.25) is 0 Å². The van der Waals surface area contributed by atoms with Crippen LogP contribution in [0.25, 0.3) is 0 Å². The van der Waals surface area contributed by atoms with Crippen LogP contribution in [0.5, 0.6) is 5.75 Å². The van der Waals surface area contributed by atoms with Crippen molar-refractivity contribution in [2.24, 2.45) is 11.8 Å². The molecule has 0 aliphatic heterocycles. The molecule has 0 heterocycles. The monoisotopic (exact) mass is 291 g/mol. The zero-order valence-corrected chi connectivity index (χ0v) is 12.5. The van der Waals surface area contributed by atoms with Gasteiger partial charge in [-0.25, -0.2) is 4.79 Å². The maximum atomic E-state index is 12.2. The average Bonchev–Trinajstić information content (AvgIpc) is 3.24. The first-order valence-corrected chi connectivity index (χ1v) is 7.11. The van der Waals surface area contributed by atoms with E-state index in [0.717, 1.165) is 17.7 Å². The van der Waals surface area contributed by atoms with Gasteiger partial charge in [-0.05, 0) is 36.0 Å². The van der Waals surface area contributed by atoms with Crippen LogP contribution in [0.15, 0.2) is 24.3 Å². The van der Waals surface area contributed by atoms with E-state index in [9.17, 15) is 9.59 Å². The van der Waals surface area contributed by atoms with Gasteiger partial charge in [-0.1, -0.05) is 26.0 Å². The number of carboxylic acid groups (broad SMARTS) is 1. The summed E-state index contributed by atoms with van der Waals surface area (Å²) in [5, 5.41) is 11.8. The van der Waals surface area contributed by atoms with Crippen molar-refractivity contribution >= 4 is 11.9 Å². The lowest BCUT2D eigenvalue weighted by Crippen LogP contribution is -2.45. The number of aliphatic carboxylic acids is 1. The molecule has 114 valence electrons. The van der Waals surface area contributed by atoms with Crippen molar-refractivity contribution in [1.82, 2.24) is 5.32 Å². The molecule has 2 rings (SSSR count). The minimum Gasteiger partial charge on any atom is -0.497 e. The Balaban J connectivity index is 1.99. The summed E-state index contributed by atoms with van der Waals surface area (Å²) in [6.45, 7) is 3.57. The fourth-order valence-corrected chi connectivity index (χ4v) is 2.50. The summed E-state index contributed by atoms with van der Waals surface area (Å²) in [6, 6.07) is 6.83. The summed E-state index contributed by atoms with van der Waals surface area (Å²) in [4.78, 5) is 23.3. The molecule has 0 aromatic heterocycles. The number of ether oxygens (including phenoxy) is 1. The molecular weight excluding hydrogens is 270 g/mol. The lowest BCUT2D eigenvalue weighted by Gasteiger charge is -2.17. The first kappa shape index (κ1) is 15.4. The predicted octanol–water partition coefficient (Wildman–Crippen LogP) is 2.02. The van der Waals surface area contributed by atoms with E-state index in [1.54, 1.807) is 21.0 Å². The number of rotatable bonds is 6. The second-order valence-corrected chi connectivity index (χ2v) is 5.79. The van der Waals surface area contributed by atoms with Gasteiger partial charge < -0.3 is 15.2 Å². The lowest BCUT2D eigenvalue weighted by atomic mass is 10.0. The van der Waals surface area contributed by atoms with E-state index < -0.39 is 12.0 Å². The normalized spacial score (nSPS) is 21.7. The van der Waals surface area contributed by atoms with Crippen LogP contribution in [0, 0.1) is 11.8 Å². The van der Waals surface area contributed by atoms with E-state index in [1.807, 2.05) is 24.3 Å². The minimum atomic E-state index is -0.989. The number of hydrogen-bond donors (Lipinski definition) is 2. The molecule has 3 unspecified atom stereocenters. The quantitative estimate of drug-likeness (QED) is 0.841. The number of benzene rings is 1. The van der Waals surface area contributed by atoms with Gasteiger partial charge in [0.2, 0.25) is 5.91 Å². The summed E-state index contributed by atoms with van der Waals surface area (Å²) in [5.41, 5.74) is 1.06. The van der Waals surface area contributed by atoms with E-state index in [2.05, 4.69) is 5.32 Å². The highest BCUT2D eigenvalue weighted by atomic mass is 16.5. The van der Waals surface area contributed by atoms with Gasteiger partial charge in [-0.3, -0.25) is 4.79 Å². The SMILES string of the molecule is COc1cccc(C2CC2C(=O)NC(C(=O)O)C(C)C)c1. The Morgan fingerprint density at radius 2 is 2.10 bits per heavy atom. The highest BCUT2D eigenvalue weighted by Gasteiger charge is 2.45. The fourth-order valence-electron chi connectivity index (χ4n) is 2.50. The van der Waals surface area contributed by atoms with Crippen LogP contribution in [0.4, 0.5) is 0 Å². The molecule has 21 heavy (non-hydrogen) atoms. The third kappa shape index (κ3) is 3.54. The van der Waals surface area contributed by atoms with Gasteiger partial charge >= 0.3 is 5.97 Å². The maximum absolute atomic E-state index is 12.2. The molecule has 0 spiro atoms. The van der Waals surface area contributed by atoms with Gasteiger partial charge in [0, 0.05) is 5.92 Å². The van der Waals surface area contributed by atoms with E-state index in [-0.39, 0.29) is 23.7 Å². The summed E-state index contributed by atoms with van der Waals surface area (Å²) in [7, 11) is 1.61. The first-order chi connectivity index (χ1) is 9.93. The zero-order valence-electron chi connectivity index (χ0n) is 12.5. The van der Waals surface area contributed by atoms with E-state index in [1.165, 1.54) is 0 Å². The first-order valence-electron chi connectivity index (χ1n) is 7.11. The molecule has 1 saturated carbocycles. The number of amides is 1. The van der Waals surface area contributed by atoms with Crippen LogP contribution in [-0.2, 0) is 9.59 Å². The third-order valence-corrected chi connectivity index (χ3v) is 3.88. The van der Waals surface area contributed by atoms with Crippen molar-refractivity contribution in [1.29, 1.82) is 0 Å². The van der Waals surface area contributed by atoms with Crippen LogP contribution in [0.1, 0.15) is 31.7 Å². The molecular formula is C16H21NO4. The predicted molar refractivity (Wildman–Crippen MR) is 78.2 cm³/mol. The van der Waals surface area contributed by atoms with Crippen LogP contribution in [0.3, 0.4) is 0 Å². The lowest BCUT2D eigenvalue weighted by molar-refractivity contribution is -0.143. The molecule has 1 aromatic carbocycles. The van der Waals surface area contributed by atoms with Crippen molar-refractivity contribution < 1.29 is 19.4 Å². The zero-order chi connectivity index (χ0) is 15.6. The number of carbonyl (C=O) groups excluding carboxylic acids is 1. The molecule has 1 amide bonds.